The van der Waals surface area contributed by atoms with Crippen molar-refractivity contribution in [2.24, 2.45) is 0 Å². The number of anilines is 2. The van der Waals surface area contributed by atoms with E-state index in [4.69, 9.17) is 28.8 Å². The van der Waals surface area contributed by atoms with Crippen molar-refractivity contribution in [3.05, 3.63) is 107 Å². The van der Waals surface area contributed by atoms with E-state index in [-0.39, 0.29) is 11.6 Å². The van der Waals surface area contributed by atoms with Gasteiger partial charge in [0, 0.05) is 12.4 Å². The van der Waals surface area contributed by atoms with Crippen molar-refractivity contribution in [3.8, 4) is 0 Å². The second-order valence-electron chi connectivity index (χ2n) is 19.9. The molecule has 4 amide bonds. The van der Waals surface area contributed by atoms with Crippen molar-refractivity contribution in [2.75, 3.05) is 9.80 Å². The second-order valence-corrected chi connectivity index (χ2v) is 49.6. The van der Waals surface area contributed by atoms with Crippen LogP contribution in [-0.4, -0.2) is 102 Å². The lowest BCUT2D eigenvalue weighted by Gasteiger charge is -2.44. The average Bonchev–Trinajstić information content (AvgIpc) is 3.54. The summed E-state index contributed by atoms with van der Waals surface area (Å²) in [6.45, 7) is 32.3. The summed E-state index contributed by atoms with van der Waals surface area (Å²) >= 11 is 0. The third kappa shape index (κ3) is 11.8. The van der Waals surface area contributed by atoms with E-state index in [1.165, 1.54) is 0 Å². The molecule has 65 heavy (non-hydrogen) atoms. The molecule has 348 valence electrons. The van der Waals surface area contributed by atoms with E-state index in [1.807, 2.05) is 90.7 Å². The monoisotopic (exact) mass is 1020 g/mol. The zero-order valence-electron chi connectivity index (χ0n) is 40.4. The van der Waals surface area contributed by atoms with Crippen LogP contribution in [0.15, 0.2) is 85.2 Å². The molecule has 2 aromatic heterocycles. The van der Waals surface area contributed by atoms with Gasteiger partial charge in [0.15, 0.2) is 0 Å². The van der Waals surface area contributed by atoms with E-state index >= 15 is 0 Å². The molecule has 0 saturated heterocycles. The minimum Gasteiger partial charge on any atom is -0.433 e. The number of benzene rings is 2. The smallest absolute Gasteiger partial charge is 0.314 e. The van der Waals surface area contributed by atoms with Crippen LogP contribution in [0.25, 0.3) is 0 Å². The lowest BCUT2D eigenvalue weighted by Crippen LogP contribution is -2.62. The Morgan fingerprint density at radius 3 is 0.908 bits per heavy atom. The van der Waals surface area contributed by atoms with E-state index in [2.05, 4.69) is 36.2 Å². The zero-order chi connectivity index (χ0) is 48.3. The standard InChI is InChI=1S/C42H62N4O11Si8/c1-58(2,31-23-25-33-35(29-31)41(49)45(39(33)47)37-21-17-19-27-43-37)51-60(5,6)53-62(9,10)55-64(13,14)57-65(15,16)56-63(11,12)54-61(7,8)52-59(3,4)32-24-26-34-36(30-32)42(50)46(40(34)48)38-22-18-20-28-44-38/h17-30H,1-16H3. The molecule has 0 aliphatic carbocycles. The molecule has 2 aliphatic heterocycles. The van der Waals surface area contributed by atoms with Crippen molar-refractivity contribution in [1.29, 1.82) is 0 Å². The summed E-state index contributed by atoms with van der Waals surface area (Å²) in [5.74, 6) is -1.03. The van der Waals surface area contributed by atoms with Crippen LogP contribution in [0.4, 0.5) is 11.6 Å². The molecule has 0 unspecified atom stereocenters. The Kier molecular flexibility index (Phi) is 14.0. The number of nitrogens with zero attached hydrogens (tertiary/aromatic N) is 4. The Hall–Kier alpha value is -3.52. The third-order valence-corrected chi connectivity index (χ3v) is 41.5. The minimum absolute atomic E-state index is 0.287. The van der Waals surface area contributed by atoms with Crippen molar-refractivity contribution in [3.63, 3.8) is 0 Å². The van der Waals surface area contributed by atoms with Gasteiger partial charge >= 0.3 is 51.4 Å². The summed E-state index contributed by atoms with van der Waals surface area (Å²) < 4.78 is 48.1. The summed E-state index contributed by atoms with van der Waals surface area (Å²) in [6, 6.07) is 21.0. The first kappa shape index (κ1) is 50.9. The van der Waals surface area contributed by atoms with Gasteiger partial charge in [-0.05, 0) is 164 Å². The molecule has 23 heteroatoms. The topological polar surface area (TPSA) is 165 Å². The average molecular weight is 1020 g/mol. The van der Waals surface area contributed by atoms with Crippen molar-refractivity contribution in [1.82, 2.24) is 9.97 Å². The van der Waals surface area contributed by atoms with Crippen LogP contribution in [0.1, 0.15) is 41.4 Å². The van der Waals surface area contributed by atoms with Crippen molar-refractivity contribution in [2.45, 2.75) is 105 Å². The zero-order valence-corrected chi connectivity index (χ0v) is 48.4. The summed E-state index contributed by atoms with van der Waals surface area (Å²) in [6.07, 6.45) is 3.11. The van der Waals surface area contributed by atoms with Crippen molar-refractivity contribution < 1.29 is 48.0 Å². The molecular weight excluding hydrogens is 961 g/mol. The largest absolute Gasteiger partial charge is 0.433 e. The fourth-order valence-electron chi connectivity index (χ4n) is 9.05. The highest BCUT2D eigenvalue weighted by Crippen LogP contribution is 2.32. The molecule has 6 rings (SSSR count). The van der Waals surface area contributed by atoms with Crippen LogP contribution in [0.3, 0.4) is 0 Å². The van der Waals surface area contributed by atoms with E-state index in [9.17, 15) is 19.2 Å². The number of imide groups is 2. The molecule has 0 spiro atoms. The van der Waals surface area contributed by atoms with Gasteiger partial charge in [-0.25, -0.2) is 19.8 Å². The highest BCUT2D eigenvalue weighted by Gasteiger charge is 2.50. The van der Waals surface area contributed by atoms with Gasteiger partial charge in [0.1, 0.15) is 11.6 Å². The molecule has 0 saturated carbocycles. The lowest BCUT2D eigenvalue weighted by atomic mass is 10.1. The predicted octanol–water partition coefficient (Wildman–Crippen LogP) is 7.93. The number of carbonyl (C=O) groups excluding carboxylic acids is 4. The normalized spacial score (nSPS) is 15.6. The SMILES string of the molecule is C[Si](C)(O[Si](C)(C)O[Si](C)(C)O[Si](C)(C)O[Si](C)(C)c1ccc2c(c1)C(=O)N(c1ccccn1)C2=O)O[Si](C)(C)O[Si](C)(C)O[Si](C)(C)c1ccc2c(c1)C(=O)N(c1ccccn1)C2=O. The van der Waals surface area contributed by atoms with Crippen LogP contribution >= 0.6 is 0 Å². The lowest BCUT2D eigenvalue weighted by molar-refractivity contribution is 0.0909. The number of carbonyl (C=O) groups is 4. The van der Waals surface area contributed by atoms with Gasteiger partial charge in [-0.2, -0.15) is 0 Å². The van der Waals surface area contributed by atoms with Gasteiger partial charge in [0.25, 0.3) is 23.6 Å². The quantitative estimate of drug-likeness (QED) is 0.0698. The number of rotatable bonds is 18. The summed E-state index contributed by atoms with van der Waals surface area (Å²) in [4.78, 5) is 64.1. The number of hydrogen-bond acceptors (Lipinski definition) is 13. The van der Waals surface area contributed by atoms with Gasteiger partial charge in [-0.1, -0.05) is 24.3 Å². The van der Waals surface area contributed by atoms with Crippen LogP contribution in [0.2, 0.25) is 105 Å². The Labute approximate surface area is 391 Å². The fourth-order valence-corrected chi connectivity index (χ4v) is 48.7. The Morgan fingerprint density at radius 1 is 0.354 bits per heavy atom. The first-order valence-electron chi connectivity index (χ1n) is 21.5. The van der Waals surface area contributed by atoms with E-state index < -0.39 is 91.6 Å². The molecule has 4 aromatic rings. The molecule has 0 bridgehead atoms. The Morgan fingerprint density at radius 2 is 0.631 bits per heavy atom. The number of pyridine rings is 2. The van der Waals surface area contributed by atoms with E-state index in [0.29, 0.717) is 22.3 Å². The molecule has 0 atom stereocenters. The first-order chi connectivity index (χ1) is 29.7. The number of hydrogen-bond donors (Lipinski definition) is 0. The summed E-state index contributed by atoms with van der Waals surface area (Å²) in [5.41, 5.74) is 1.36. The van der Waals surface area contributed by atoms with Crippen LogP contribution < -0.4 is 20.2 Å². The predicted molar refractivity (Wildman–Crippen MR) is 270 cm³/mol. The third-order valence-electron chi connectivity index (χ3n) is 10.4. The van der Waals surface area contributed by atoms with E-state index in [1.54, 1.807) is 73.1 Å². The summed E-state index contributed by atoms with van der Waals surface area (Å²) in [5, 5.41) is 1.74. The van der Waals surface area contributed by atoms with Gasteiger partial charge in [-0.15, -0.1) is 0 Å². The maximum Gasteiger partial charge on any atom is 0.314 e. The molecule has 0 fully saturated rings. The van der Waals surface area contributed by atoms with Crippen LogP contribution in [-0.2, 0) is 28.8 Å². The first-order valence-corrected chi connectivity index (χ1v) is 44.2. The van der Waals surface area contributed by atoms with Gasteiger partial charge in [0.05, 0.1) is 22.3 Å². The van der Waals surface area contributed by atoms with Crippen LogP contribution in [0.5, 0.6) is 0 Å². The van der Waals surface area contributed by atoms with Crippen LogP contribution in [0, 0.1) is 0 Å². The minimum atomic E-state index is -2.88. The number of fused-ring (bicyclic) bond motifs is 2. The van der Waals surface area contributed by atoms with Gasteiger partial charge in [0.2, 0.25) is 16.6 Å². The fraction of sp³-hybridized carbons (Fsp3) is 0.381. The number of aromatic nitrogens is 2. The molecule has 0 N–H and O–H groups in total. The van der Waals surface area contributed by atoms with Crippen molar-refractivity contribution >= 4 is 114 Å². The number of amides is 4. The maximum atomic E-state index is 13.5. The molecule has 2 aliphatic rings. The Bertz CT molecular complexity index is 2340. The Balaban J connectivity index is 1.06. The summed E-state index contributed by atoms with van der Waals surface area (Å²) in [7, 11) is -22.6. The van der Waals surface area contributed by atoms with E-state index in [0.717, 1.165) is 20.2 Å². The van der Waals surface area contributed by atoms with Gasteiger partial charge < -0.3 is 28.8 Å². The molecular formula is C42H62N4O11Si8. The highest BCUT2D eigenvalue weighted by atomic mass is 28.5. The maximum absolute atomic E-state index is 13.5. The molecule has 0 radical (unpaired) electrons. The molecule has 4 heterocycles. The second kappa shape index (κ2) is 17.8. The molecule has 2 aromatic carbocycles. The highest BCUT2D eigenvalue weighted by molar-refractivity contribution is 6.95. The van der Waals surface area contributed by atoms with Gasteiger partial charge in [-0.3, -0.25) is 19.2 Å². The molecule has 15 nitrogen and oxygen atoms in total.